The van der Waals surface area contributed by atoms with Crippen molar-refractivity contribution >= 4 is 0 Å². The molecule has 0 aromatic heterocycles. The molecule has 1 aromatic rings. The third kappa shape index (κ3) is 5.05. The lowest BCUT2D eigenvalue weighted by Crippen LogP contribution is -2.30. The van der Waals surface area contributed by atoms with Gasteiger partial charge in [0.15, 0.2) is 17.4 Å². The van der Waals surface area contributed by atoms with Crippen molar-refractivity contribution in [1.82, 2.24) is 0 Å². The molecule has 0 bridgehead atoms. The zero-order valence-electron chi connectivity index (χ0n) is 15.8. The molecule has 0 heterocycles. The minimum absolute atomic E-state index is 0.0930. The van der Waals surface area contributed by atoms with Crippen LogP contribution >= 0.6 is 0 Å². The van der Waals surface area contributed by atoms with Crippen LogP contribution in [0.1, 0.15) is 69.8 Å². The van der Waals surface area contributed by atoms with Crippen molar-refractivity contribution in [2.45, 2.75) is 70.8 Å². The van der Waals surface area contributed by atoms with E-state index >= 15 is 0 Å². The number of hydrogen-bond donors (Lipinski definition) is 0. The van der Waals surface area contributed by atoms with Gasteiger partial charge >= 0.3 is 6.61 Å². The number of hydrogen-bond acceptors (Lipinski definition) is 1. The molecule has 3 rings (SSSR count). The maximum atomic E-state index is 14.1. The first-order chi connectivity index (χ1) is 13.0. The van der Waals surface area contributed by atoms with Crippen molar-refractivity contribution in [2.24, 2.45) is 17.8 Å². The molecule has 0 N–H and O–H groups in total. The van der Waals surface area contributed by atoms with Gasteiger partial charge in [-0.05, 0) is 93.2 Å². The molecule has 1 aromatic carbocycles. The Morgan fingerprint density at radius 1 is 1.04 bits per heavy atom. The molecule has 4 atom stereocenters. The van der Waals surface area contributed by atoms with Gasteiger partial charge in [0.25, 0.3) is 0 Å². The van der Waals surface area contributed by atoms with Crippen molar-refractivity contribution in [2.75, 3.05) is 0 Å². The number of ether oxygens (including phenoxy) is 1. The van der Waals surface area contributed by atoms with E-state index in [1.807, 2.05) is 0 Å². The van der Waals surface area contributed by atoms with Gasteiger partial charge in [-0.25, -0.2) is 8.78 Å². The summed E-state index contributed by atoms with van der Waals surface area (Å²) in [7, 11) is 0. The Labute approximate surface area is 158 Å². The molecular formula is C22H28F4O. The predicted octanol–water partition coefficient (Wildman–Crippen LogP) is 7.22. The van der Waals surface area contributed by atoms with Gasteiger partial charge in [-0.2, -0.15) is 8.78 Å². The molecule has 0 aliphatic heterocycles. The summed E-state index contributed by atoms with van der Waals surface area (Å²) in [5.74, 6) is -0.869. The smallest absolute Gasteiger partial charge is 0.387 e. The number of halogens is 4. The Hall–Kier alpha value is -1.52. The first-order valence-corrected chi connectivity index (χ1v) is 10.0. The van der Waals surface area contributed by atoms with Crippen LogP contribution in [0.25, 0.3) is 0 Å². The van der Waals surface area contributed by atoms with Crippen LogP contribution in [0.4, 0.5) is 17.6 Å². The van der Waals surface area contributed by atoms with Crippen LogP contribution in [0.15, 0.2) is 24.3 Å². The van der Waals surface area contributed by atoms with Gasteiger partial charge in [-0.3, -0.25) is 0 Å². The molecule has 1 nitrogen and oxygen atoms in total. The molecule has 150 valence electrons. The fraction of sp³-hybridized carbons (Fsp3) is 0.636. The summed E-state index contributed by atoms with van der Waals surface area (Å²) in [4.78, 5) is 0. The van der Waals surface area contributed by atoms with Crippen molar-refractivity contribution in [3.05, 3.63) is 41.5 Å². The van der Waals surface area contributed by atoms with Gasteiger partial charge in [0.1, 0.15) is 0 Å². The van der Waals surface area contributed by atoms with Crippen LogP contribution in [0, 0.1) is 29.4 Å². The second-order valence-corrected chi connectivity index (χ2v) is 8.05. The zero-order chi connectivity index (χ0) is 19.4. The molecule has 2 aliphatic rings. The predicted molar refractivity (Wildman–Crippen MR) is 98.0 cm³/mol. The SMILES string of the molecule is CC=CCCC1CCC2CC(c3cc(F)c(OC(F)F)c(F)c3)CCC2C1. The van der Waals surface area contributed by atoms with Crippen LogP contribution in [0.5, 0.6) is 5.75 Å². The summed E-state index contributed by atoms with van der Waals surface area (Å²) in [6.45, 7) is -1.19. The van der Waals surface area contributed by atoms with Gasteiger partial charge < -0.3 is 4.74 Å². The fourth-order valence-corrected chi connectivity index (χ4v) is 5.07. The fourth-order valence-electron chi connectivity index (χ4n) is 5.07. The molecular weight excluding hydrogens is 356 g/mol. The molecule has 2 fully saturated rings. The largest absolute Gasteiger partial charge is 0.429 e. The molecule has 0 spiro atoms. The third-order valence-corrected chi connectivity index (χ3v) is 6.40. The number of rotatable bonds is 6. The van der Waals surface area contributed by atoms with Crippen molar-refractivity contribution in [3.8, 4) is 5.75 Å². The quantitative estimate of drug-likeness (QED) is 0.371. The highest BCUT2D eigenvalue weighted by atomic mass is 19.3. The van der Waals surface area contributed by atoms with E-state index in [0.29, 0.717) is 17.4 Å². The third-order valence-electron chi connectivity index (χ3n) is 6.40. The number of fused-ring (bicyclic) bond motifs is 1. The van der Waals surface area contributed by atoms with Crippen molar-refractivity contribution in [3.63, 3.8) is 0 Å². The van der Waals surface area contributed by atoms with Gasteiger partial charge in [-0.1, -0.05) is 18.6 Å². The minimum Gasteiger partial charge on any atom is -0.429 e. The van der Waals surface area contributed by atoms with Crippen molar-refractivity contribution < 1.29 is 22.3 Å². The number of benzene rings is 1. The van der Waals surface area contributed by atoms with Crippen molar-refractivity contribution in [1.29, 1.82) is 0 Å². The van der Waals surface area contributed by atoms with E-state index in [-0.39, 0.29) is 5.92 Å². The van der Waals surface area contributed by atoms with E-state index in [2.05, 4.69) is 23.8 Å². The van der Waals surface area contributed by atoms with E-state index in [1.54, 1.807) is 0 Å². The highest BCUT2D eigenvalue weighted by Crippen LogP contribution is 2.48. The number of allylic oxidation sites excluding steroid dienone is 2. The van der Waals surface area contributed by atoms with E-state index in [9.17, 15) is 17.6 Å². The molecule has 0 saturated heterocycles. The Balaban J connectivity index is 1.62. The maximum absolute atomic E-state index is 14.1. The minimum atomic E-state index is -3.24. The molecule has 27 heavy (non-hydrogen) atoms. The normalized spacial score (nSPS) is 28.5. The van der Waals surface area contributed by atoms with Gasteiger partial charge in [0.05, 0.1) is 0 Å². The average Bonchev–Trinajstić information content (AvgIpc) is 2.64. The second kappa shape index (κ2) is 9.11. The van der Waals surface area contributed by atoms with Crippen LogP contribution in [-0.2, 0) is 0 Å². The summed E-state index contributed by atoms with van der Waals surface area (Å²) in [5.41, 5.74) is 0.570. The zero-order valence-corrected chi connectivity index (χ0v) is 15.8. The van der Waals surface area contributed by atoms with Crippen LogP contribution in [0.3, 0.4) is 0 Å². The second-order valence-electron chi connectivity index (χ2n) is 8.05. The summed E-state index contributed by atoms with van der Waals surface area (Å²) in [6.07, 6.45) is 13.3. The highest BCUT2D eigenvalue weighted by molar-refractivity contribution is 5.33. The topological polar surface area (TPSA) is 9.23 Å². The highest BCUT2D eigenvalue weighted by Gasteiger charge is 2.36. The molecule has 5 heteroatoms. The standard InChI is InChI=1S/C22H28F4O/c1-2-3-4-5-14-6-7-16-11-17(9-8-15(16)10-14)18-12-19(23)21(20(24)13-18)27-22(25)26/h2-3,12-17,22H,4-11H2,1H3. The molecule has 0 radical (unpaired) electrons. The molecule has 0 amide bonds. The number of alkyl halides is 2. The summed E-state index contributed by atoms with van der Waals surface area (Å²) < 4.78 is 56.7. The average molecular weight is 384 g/mol. The van der Waals surface area contributed by atoms with E-state index < -0.39 is 24.0 Å². The summed E-state index contributed by atoms with van der Waals surface area (Å²) in [5, 5.41) is 0. The first-order valence-electron chi connectivity index (χ1n) is 10.0. The first kappa shape index (κ1) is 20.2. The van der Waals surface area contributed by atoms with Crippen LogP contribution in [0.2, 0.25) is 0 Å². The maximum Gasteiger partial charge on any atom is 0.387 e. The van der Waals surface area contributed by atoms with Gasteiger partial charge in [0.2, 0.25) is 0 Å². The Kier molecular flexibility index (Phi) is 6.83. The van der Waals surface area contributed by atoms with Gasteiger partial charge in [-0.15, -0.1) is 0 Å². The lowest BCUT2D eigenvalue weighted by molar-refractivity contribution is -0.0546. The Morgan fingerprint density at radius 2 is 1.70 bits per heavy atom. The molecule has 4 unspecified atom stereocenters. The lowest BCUT2D eigenvalue weighted by atomic mass is 9.63. The van der Waals surface area contributed by atoms with Crippen LogP contribution < -0.4 is 4.74 Å². The summed E-state index contributed by atoms with van der Waals surface area (Å²) >= 11 is 0. The van der Waals surface area contributed by atoms with E-state index in [4.69, 9.17) is 0 Å². The Morgan fingerprint density at radius 3 is 2.37 bits per heavy atom. The lowest BCUT2D eigenvalue weighted by Gasteiger charge is -2.42. The van der Waals surface area contributed by atoms with E-state index in [1.165, 1.54) is 37.8 Å². The molecule has 2 saturated carbocycles. The van der Waals surface area contributed by atoms with Gasteiger partial charge in [0, 0.05) is 0 Å². The summed E-state index contributed by atoms with van der Waals surface area (Å²) in [6, 6.07) is 2.35. The Bertz CT molecular complexity index is 635. The molecule has 2 aliphatic carbocycles. The van der Waals surface area contributed by atoms with Crippen LogP contribution in [-0.4, -0.2) is 6.61 Å². The van der Waals surface area contributed by atoms with E-state index in [0.717, 1.165) is 31.6 Å². The monoisotopic (exact) mass is 384 g/mol.